The highest BCUT2D eigenvalue weighted by molar-refractivity contribution is 7.92. The Morgan fingerprint density at radius 3 is 2.38 bits per heavy atom. The first-order valence-electron chi connectivity index (χ1n) is 8.40. The summed E-state index contributed by atoms with van der Waals surface area (Å²) < 4.78 is 33.3. The predicted octanol–water partition coefficient (Wildman–Crippen LogP) is 4.03. The van der Waals surface area contributed by atoms with Gasteiger partial charge in [-0.1, -0.05) is 6.07 Å². The molecule has 0 aromatic heterocycles. The minimum Gasteiger partial charge on any atom is -0.490 e. The van der Waals surface area contributed by atoms with Crippen molar-refractivity contribution in [1.29, 1.82) is 0 Å². The Balaban J connectivity index is 1.74. The number of nitro benzene ring substituents is 1. The topological polar surface area (TPSA) is 98.5 Å². The zero-order chi connectivity index (χ0) is 18.7. The minimum atomic E-state index is -3.92. The van der Waals surface area contributed by atoms with Crippen LogP contribution >= 0.6 is 0 Å². The Hall–Kier alpha value is -2.61. The summed E-state index contributed by atoms with van der Waals surface area (Å²) in [5, 5.41) is 11.0. The summed E-state index contributed by atoms with van der Waals surface area (Å²) in [5.74, 6) is 0.700. The molecule has 1 saturated carbocycles. The average Bonchev–Trinajstić information content (AvgIpc) is 3.09. The maximum Gasteiger partial charge on any atom is 0.273 e. The number of benzene rings is 2. The van der Waals surface area contributed by atoms with Gasteiger partial charge in [-0.25, -0.2) is 8.42 Å². The maximum atomic E-state index is 12.5. The summed E-state index contributed by atoms with van der Waals surface area (Å²) in [6.07, 6.45) is 4.66. The van der Waals surface area contributed by atoms with E-state index in [4.69, 9.17) is 4.74 Å². The van der Waals surface area contributed by atoms with Gasteiger partial charge in [0.15, 0.2) is 0 Å². The quantitative estimate of drug-likeness (QED) is 0.606. The van der Waals surface area contributed by atoms with Crippen LogP contribution < -0.4 is 9.46 Å². The molecule has 1 fully saturated rings. The molecule has 0 saturated heterocycles. The fourth-order valence-corrected chi connectivity index (χ4v) is 4.05. The van der Waals surface area contributed by atoms with Crippen LogP contribution in [-0.2, 0) is 10.0 Å². The lowest BCUT2D eigenvalue weighted by Gasteiger charge is -2.14. The molecule has 0 bridgehead atoms. The fraction of sp³-hybridized carbons (Fsp3) is 0.333. The van der Waals surface area contributed by atoms with Gasteiger partial charge in [-0.3, -0.25) is 14.8 Å². The second-order valence-electron chi connectivity index (χ2n) is 6.36. The molecule has 138 valence electrons. The highest BCUT2D eigenvalue weighted by atomic mass is 32.2. The van der Waals surface area contributed by atoms with E-state index in [2.05, 4.69) is 4.72 Å². The van der Waals surface area contributed by atoms with E-state index in [0.29, 0.717) is 17.0 Å². The van der Waals surface area contributed by atoms with Gasteiger partial charge < -0.3 is 4.74 Å². The van der Waals surface area contributed by atoms with Crippen molar-refractivity contribution in [2.45, 2.75) is 43.6 Å². The van der Waals surface area contributed by atoms with Gasteiger partial charge in [0, 0.05) is 17.3 Å². The lowest BCUT2D eigenvalue weighted by molar-refractivity contribution is -0.385. The van der Waals surface area contributed by atoms with Gasteiger partial charge in [0.25, 0.3) is 15.7 Å². The highest BCUT2D eigenvalue weighted by Gasteiger charge is 2.20. The molecule has 0 heterocycles. The Kier molecular flexibility index (Phi) is 5.13. The van der Waals surface area contributed by atoms with E-state index in [9.17, 15) is 18.5 Å². The molecule has 8 heteroatoms. The average molecular weight is 376 g/mol. The lowest BCUT2D eigenvalue weighted by Crippen LogP contribution is -2.14. The first kappa shape index (κ1) is 18.2. The third kappa shape index (κ3) is 4.13. The molecule has 26 heavy (non-hydrogen) atoms. The molecule has 1 N–H and O–H groups in total. The first-order chi connectivity index (χ1) is 12.3. The van der Waals surface area contributed by atoms with Crippen molar-refractivity contribution in [1.82, 2.24) is 0 Å². The van der Waals surface area contributed by atoms with Crippen LogP contribution in [0.3, 0.4) is 0 Å². The first-order valence-corrected chi connectivity index (χ1v) is 9.88. The molecular weight excluding hydrogens is 356 g/mol. The van der Waals surface area contributed by atoms with E-state index < -0.39 is 14.9 Å². The van der Waals surface area contributed by atoms with Crippen molar-refractivity contribution in [3.8, 4) is 5.75 Å². The van der Waals surface area contributed by atoms with Gasteiger partial charge in [0.2, 0.25) is 0 Å². The molecule has 2 aromatic rings. The number of sulfonamides is 1. The lowest BCUT2D eigenvalue weighted by atomic mass is 10.2. The van der Waals surface area contributed by atoms with Crippen molar-refractivity contribution in [3.05, 3.63) is 58.1 Å². The molecular formula is C18H20N2O5S. The SMILES string of the molecule is Cc1ccc(S(=O)(=O)Nc2ccc(OC3CCCC3)cc2)cc1[N+](=O)[O-]. The van der Waals surface area contributed by atoms with Crippen LogP contribution in [0, 0.1) is 17.0 Å². The summed E-state index contributed by atoms with van der Waals surface area (Å²) in [4.78, 5) is 10.3. The summed E-state index contributed by atoms with van der Waals surface area (Å²) in [7, 11) is -3.92. The number of ether oxygens (including phenoxy) is 1. The van der Waals surface area contributed by atoms with E-state index in [0.717, 1.165) is 18.9 Å². The number of rotatable bonds is 6. The Labute approximate surface area is 152 Å². The molecule has 0 atom stereocenters. The predicted molar refractivity (Wildman–Crippen MR) is 98.0 cm³/mol. The highest BCUT2D eigenvalue weighted by Crippen LogP contribution is 2.27. The third-order valence-electron chi connectivity index (χ3n) is 4.40. The Morgan fingerprint density at radius 2 is 1.77 bits per heavy atom. The fourth-order valence-electron chi connectivity index (χ4n) is 2.97. The second kappa shape index (κ2) is 7.33. The summed E-state index contributed by atoms with van der Waals surface area (Å²) in [6.45, 7) is 1.56. The van der Waals surface area contributed by atoms with Gasteiger partial charge in [-0.15, -0.1) is 0 Å². The second-order valence-corrected chi connectivity index (χ2v) is 8.04. The van der Waals surface area contributed by atoms with E-state index in [1.165, 1.54) is 25.0 Å². The molecule has 0 spiro atoms. The molecule has 0 aliphatic heterocycles. The molecule has 7 nitrogen and oxygen atoms in total. The zero-order valence-corrected chi connectivity index (χ0v) is 15.2. The number of hydrogen-bond donors (Lipinski definition) is 1. The number of aryl methyl sites for hydroxylation is 1. The van der Waals surface area contributed by atoms with E-state index >= 15 is 0 Å². The van der Waals surface area contributed by atoms with Crippen molar-refractivity contribution in [2.24, 2.45) is 0 Å². The Morgan fingerprint density at radius 1 is 1.12 bits per heavy atom. The molecule has 1 aliphatic rings. The van der Waals surface area contributed by atoms with Gasteiger partial charge in [-0.2, -0.15) is 0 Å². The number of hydrogen-bond acceptors (Lipinski definition) is 5. The third-order valence-corrected chi connectivity index (χ3v) is 5.78. The number of anilines is 1. The largest absolute Gasteiger partial charge is 0.490 e. The van der Waals surface area contributed by atoms with Crippen molar-refractivity contribution >= 4 is 21.4 Å². The normalized spacial score (nSPS) is 15.0. The number of nitrogens with zero attached hydrogens (tertiary/aromatic N) is 1. The van der Waals surface area contributed by atoms with E-state index in [-0.39, 0.29) is 16.7 Å². The van der Waals surface area contributed by atoms with E-state index in [1.807, 2.05) is 0 Å². The van der Waals surface area contributed by atoms with Crippen LogP contribution in [0.2, 0.25) is 0 Å². The van der Waals surface area contributed by atoms with Crippen LogP contribution in [0.4, 0.5) is 11.4 Å². The van der Waals surface area contributed by atoms with Crippen LogP contribution in [0.15, 0.2) is 47.4 Å². The molecule has 0 radical (unpaired) electrons. The zero-order valence-electron chi connectivity index (χ0n) is 14.3. The molecule has 0 amide bonds. The smallest absolute Gasteiger partial charge is 0.273 e. The standard InChI is InChI=1S/C18H20N2O5S/c1-13-6-11-17(12-18(13)20(21)22)26(23,24)19-14-7-9-16(10-8-14)25-15-4-2-3-5-15/h6-12,15,19H,2-5H2,1H3. The number of nitro groups is 1. The van der Waals surface area contributed by atoms with Crippen LogP contribution in [0.25, 0.3) is 0 Å². The van der Waals surface area contributed by atoms with Crippen LogP contribution in [0.1, 0.15) is 31.2 Å². The molecule has 2 aromatic carbocycles. The summed E-state index contributed by atoms with van der Waals surface area (Å²) in [5.41, 5.74) is 0.544. The van der Waals surface area contributed by atoms with Crippen LogP contribution in [-0.4, -0.2) is 19.4 Å². The minimum absolute atomic E-state index is 0.152. The van der Waals surface area contributed by atoms with Crippen molar-refractivity contribution in [2.75, 3.05) is 4.72 Å². The van der Waals surface area contributed by atoms with Gasteiger partial charge in [0.1, 0.15) is 5.75 Å². The molecule has 3 rings (SSSR count). The summed E-state index contributed by atoms with van der Waals surface area (Å²) in [6, 6.07) is 10.5. The van der Waals surface area contributed by atoms with E-state index in [1.54, 1.807) is 31.2 Å². The monoisotopic (exact) mass is 376 g/mol. The number of nitrogens with one attached hydrogen (secondary N) is 1. The van der Waals surface area contributed by atoms with Crippen LogP contribution in [0.5, 0.6) is 5.75 Å². The molecule has 1 aliphatic carbocycles. The van der Waals surface area contributed by atoms with Gasteiger partial charge >= 0.3 is 0 Å². The summed E-state index contributed by atoms with van der Waals surface area (Å²) >= 11 is 0. The molecule has 0 unspecified atom stereocenters. The van der Waals surface area contributed by atoms with Crippen molar-refractivity contribution in [3.63, 3.8) is 0 Å². The maximum absolute atomic E-state index is 12.5. The Bertz CT molecular complexity index is 904. The van der Waals surface area contributed by atoms with Crippen molar-refractivity contribution < 1.29 is 18.1 Å². The van der Waals surface area contributed by atoms with Gasteiger partial charge in [0.05, 0.1) is 15.9 Å². The van der Waals surface area contributed by atoms with Gasteiger partial charge in [-0.05, 0) is 62.9 Å².